The van der Waals surface area contributed by atoms with E-state index in [-0.39, 0.29) is 11.8 Å². The van der Waals surface area contributed by atoms with Crippen LogP contribution in [-0.4, -0.2) is 26.2 Å². The van der Waals surface area contributed by atoms with E-state index in [1.807, 2.05) is 29.8 Å². The van der Waals surface area contributed by atoms with Crippen molar-refractivity contribution in [2.75, 3.05) is 0 Å². The third-order valence-electron chi connectivity index (χ3n) is 3.07. The highest BCUT2D eigenvalue weighted by Gasteiger charge is 2.21. The first-order valence-electron chi connectivity index (χ1n) is 6.05. The Hall–Kier alpha value is -2.50. The summed E-state index contributed by atoms with van der Waals surface area (Å²) in [6.45, 7) is 1.99. The van der Waals surface area contributed by atoms with E-state index in [1.165, 1.54) is 0 Å². The maximum Gasteiger partial charge on any atom is 0.240 e. The second kappa shape index (κ2) is 4.64. The predicted molar refractivity (Wildman–Crippen MR) is 69.8 cm³/mol. The Kier molecular flexibility index (Phi) is 2.83. The lowest BCUT2D eigenvalue weighted by Gasteiger charge is -2.18. The van der Waals surface area contributed by atoms with Crippen LogP contribution in [0, 0.1) is 5.92 Å². The largest absolute Gasteiger partial charge is 0.291 e. The van der Waals surface area contributed by atoms with E-state index in [1.54, 1.807) is 18.7 Å². The molecule has 2 aromatic rings. The van der Waals surface area contributed by atoms with Gasteiger partial charge in [0, 0.05) is 36.5 Å². The molecule has 1 atom stereocenters. The molecule has 96 valence electrons. The van der Waals surface area contributed by atoms with Gasteiger partial charge in [0.05, 0.1) is 5.71 Å². The second-order valence-electron chi connectivity index (χ2n) is 4.51. The first kappa shape index (κ1) is 11.6. The number of amides is 1. The van der Waals surface area contributed by atoms with Gasteiger partial charge in [-0.3, -0.25) is 9.36 Å². The molecule has 19 heavy (non-hydrogen) atoms. The maximum absolute atomic E-state index is 11.2. The third-order valence-corrected chi connectivity index (χ3v) is 3.07. The Morgan fingerprint density at radius 2 is 2.32 bits per heavy atom. The van der Waals surface area contributed by atoms with Crippen molar-refractivity contribution in [1.29, 1.82) is 0 Å². The molecule has 0 fully saturated rings. The number of rotatable bonds is 2. The first-order valence-corrected chi connectivity index (χ1v) is 6.05. The average Bonchev–Trinajstić information content (AvgIpc) is 2.93. The quantitative estimate of drug-likeness (QED) is 0.874. The molecule has 0 aliphatic carbocycles. The lowest BCUT2D eigenvalue weighted by atomic mass is 9.95. The molecule has 3 heterocycles. The molecule has 1 aliphatic rings. The van der Waals surface area contributed by atoms with Crippen LogP contribution in [0.15, 0.2) is 42.2 Å². The van der Waals surface area contributed by atoms with Gasteiger partial charge in [-0.25, -0.2) is 15.4 Å². The molecule has 2 aromatic heterocycles. The van der Waals surface area contributed by atoms with Crippen molar-refractivity contribution in [3.05, 3.63) is 42.6 Å². The molecule has 6 heteroatoms. The number of imidazole rings is 1. The Bertz CT molecular complexity index is 615. The van der Waals surface area contributed by atoms with Crippen LogP contribution in [-0.2, 0) is 4.79 Å². The van der Waals surface area contributed by atoms with Crippen LogP contribution in [0.25, 0.3) is 5.82 Å². The number of nitrogens with one attached hydrogen (secondary N) is 1. The number of hydrogen-bond donors (Lipinski definition) is 1. The van der Waals surface area contributed by atoms with E-state index >= 15 is 0 Å². The van der Waals surface area contributed by atoms with E-state index in [0.29, 0.717) is 6.42 Å². The molecule has 1 unspecified atom stereocenters. The molecule has 1 N–H and O–H groups in total. The maximum atomic E-state index is 11.2. The predicted octanol–water partition coefficient (Wildman–Crippen LogP) is 1.13. The summed E-state index contributed by atoms with van der Waals surface area (Å²) in [5.74, 6) is 0.864. The van der Waals surface area contributed by atoms with E-state index in [9.17, 15) is 4.79 Å². The molecule has 0 saturated carbocycles. The number of carbonyl (C=O) groups excluding carboxylic acids is 1. The normalized spacial score (nSPS) is 18.9. The highest BCUT2D eigenvalue weighted by molar-refractivity contribution is 6.05. The molecule has 1 aliphatic heterocycles. The van der Waals surface area contributed by atoms with Crippen LogP contribution in [0.2, 0.25) is 0 Å². The van der Waals surface area contributed by atoms with Gasteiger partial charge < -0.3 is 0 Å². The van der Waals surface area contributed by atoms with Gasteiger partial charge in [-0.15, -0.1) is 0 Å². The van der Waals surface area contributed by atoms with Crippen molar-refractivity contribution in [2.24, 2.45) is 11.0 Å². The Labute approximate surface area is 110 Å². The van der Waals surface area contributed by atoms with Gasteiger partial charge in [0.2, 0.25) is 5.91 Å². The summed E-state index contributed by atoms with van der Waals surface area (Å²) in [6, 6.07) is 3.86. The summed E-state index contributed by atoms with van der Waals surface area (Å²) in [5.41, 5.74) is 4.30. The number of pyridine rings is 1. The molecule has 0 aromatic carbocycles. The summed E-state index contributed by atoms with van der Waals surface area (Å²) in [7, 11) is 0. The number of nitrogens with zero attached hydrogens (tertiary/aromatic N) is 4. The SMILES string of the molecule is CC1CC(=O)NN=C1c1ccc(-n2ccnc2)nc1. The lowest BCUT2D eigenvalue weighted by Crippen LogP contribution is -2.32. The fourth-order valence-electron chi connectivity index (χ4n) is 2.09. The van der Waals surface area contributed by atoms with Gasteiger partial charge in [0.25, 0.3) is 0 Å². The smallest absolute Gasteiger partial charge is 0.240 e. The van der Waals surface area contributed by atoms with Crippen molar-refractivity contribution in [2.45, 2.75) is 13.3 Å². The number of carbonyl (C=O) groups is 1. The number of aromatic nitrogens is 3. The minimum atomic E-state index is -0.0424. The van der Waals surface area contributed by atoms with E-state index in [2.05, 4.69) is 20.5 Å². The van der Waals surface area contributed by atoms with E-state index in [0.717, 1.165) is 17.1 Å². The molecular weight excluding hydrogens is 242 g/mol. The zero-order valence-corrected chi connectivity index (χ0v) is 10.4. The monoisotopic (exact) mass is 255 g/mol. The zero-order valence-electron chi connectivity index (χ0n) is 10.4. The third kappa shape index (κ3) is 2.24. The summed E-state index contributed by atoms with van der Waals surface area (Å²) in [5, 5.41) is 4.11. The van der Waals surface area contributed by atoms with Crippen LogP contribution in [0.1, 0.15) is 18.9 Å². The Morgan fingerprint density at radius 1 is 1.42 bits per heavy atom. The first-order chi connectivity index (χ1) is 9.24. The van der Waals surface area contributed by atoms with Crippen LogP contribution in [0.5, 0.6) is 0 Å². The summed E-state index contributed by atoms with van der Waals surface area (Å²) >= 11 is 0. The van der Waals surface area contributed by atoms with Crippen molar-refractivity contribution in [1.82, 2.24) is 20.0 Å². The van der Waals surface area contributed by atoms with E-state index < -0.39 is 0 Å². The highest BCUT2D eigenvalue weighted by Crippen LogP contribution is 2.16. The zero-order chi connectivity index (χ0) is 13.2. The van der Waals surface area contributed by atoms with Gasteiger partial charge in [0.15, 0.2) is 0 Å². The van der Waals surface area contributed by atoms with E-state index in [4.69, 9.17) is 0 Å². The second-order valence-corrected chi connectivity index (χ2v) is 4.51. The van der Waals surface area contributed by atoms with Crippen molar-refractivity contribution < 1.29 is 4.79 Å². The highest BCUT2D eigenvalue weighted by atomic mass is 16.2. The molecule has 0 spiro atoms. The minimum Gasteiger partial charge on any atom is -0.291 e. The molecular formula is C13H13N5O. The molecule has 0 bridgehead atoms. The Balaban J connectivity index is 1.89. The average molecular weight is 255 g/mol. The summed E-state index contributed by atoms with van der Waals surface area (Å²) < 4.78 is 1.83. The standard InChI is InChI=1S/C13H13N5O/c1-9-6-12(19)16-17-13(9)10-2-3-11(15-7-10)18-5-4-14-8-18/h2-5,7-9H,6H2,1H3,(H,16,19). The fraction of sp³-hybridized carbons (Fsp3) is 0.231. The van der Waals surface area contributed by atoms with Crippen LogP contribution >= 0.6 is 0 Å². The molecule has 6 nitrogen and oxygen atoms in total. The minimum absolute atomic E-state index is 0.0424. The van der Waals surface area contributed by atoms with Crippen LogP contribution < -0.4 is 5.43 Å². The van der Waals surface area contributed by atoms with Gasteiger partial charge >= 0.3 is 0 Å². The van der Waals surface area contributed by atoms with Crippen molar-refractivity contribution in [3.8, 4) is 5.82 Å². The van der Waals surface area contributed by atoms with Crippen LogP contribution in [0.3, 0.4) is 0 Å². The van der Waals surface area contributed by atoms with Gasteiger partial charge in [-0.05, 0) is 12.1 Å². The summed E-state index contributed by atoms with van der Waals surface area (Å²) in [6.07, 6.45) is 7.47. The van der Waals surface area contributed by atoms with Gasteiger partial charge in [-0.2, -0.15) is 5.10 Å². The van der Waals surface area contributed by atoms with Gasteiger partial charge in [0.1, 0.15) is 12.1 Å². The van der Waals surface area contributed by atoms with Crippen molar-refractivity contribution >= 4 is 11.6 Å². The van der Waals surface area contributed by atoms with Crippen molar-refractivity contribution in [3.63, 3.8) is 0 Å². The Morgan fingerprint density at radius 3 is 2.95 bits per heavy atom. The molecule has 3 rings (SSSR count). The molecule has 1 amide bonds. The molecule has 0 saturated heterocycles. The van der Waals surface area contributed by atoms with Crippen LogP contribution in [0.4, 0.5) is 0 Å². The number of hydrogen-bond acceptors (Lipinski definition) is 4. The topological polar surface area (TPSA) is 72.2 Å². The number of hydrazone groups is 1. The molecule has 0 radical (unpaired) electrons. The fourth-order valence-corrected chi connectivity index (χ4v) is 2.09. The lowest BCUT2D eigenvalue weighted by molar-refractivity contribution is -0.121. The van der Waals surface area contributed by atoms with Gasteiger partial charge in [-0.1, -0.05) is 6.92 Å². The summed E-state index contributed by atoms with van der Waals surface area (Å²) in [4.78, 5) is 19.6.